The third kappa shape index (κ3) is 4.46. The minimum Gasteiger partial charge on any atom is -0.397 e. The predicted octanol–water partition coefficient (Wildman–Crippen LogP) is 3.91. The van der Waals surface area contributed by atoms with Crippen molar-refractivity contribution in [2.45, 2.75) is 12.8 Å². The third-order valence-electron chi connectivity index (χ3n) is 5.37. The van der Waals surface area contributed by atoms with Gasteiger partial charge in [0.25, 0.3) is 5.91 Å². The van der Waals surface area contributed by atoms with Crippen molar-refractivity contribution in [2.24, 2.45) is 0 Å². The summed E-state index contributed by atoms with van der Waals surface area (Å²) >= 11 is 0. The molecule has 0 spiro atoms. The van der Waals surface area contributed by atoms with Crippen molar-refractivity contribution in [3.05, 3.63) is 78.8 Å². The van der Waals surface area contributed by atoms with Gasteiger partial charge in [0.05, 0.1) is 11.4 Å². The first-order valence-corrected chi connectivity index (χ1v) is 10.4. The maximum absolute atomic E-state index is 12.9. The van der Waals surface area contributed by atoms with Crippen molar-refractivity contribution < 1.29 is 9.59 Å². The Morgan fingerprint density at radius 1 is 1.16 bits per heavy atom. The monoisotopic (exact) mass is 427 g/mol. The molecule has 0 atom stereocenters. The van der Waals surface area contributed by atoms with E-state index in [1.54, 1.807) is 12.1 Å². The van der Waals surface area contributed by atoms with Gasteiger partial charge in [-0.15, -0.1) is 0 Å². The van der Waals surface area contributed by atoms with E-state index < -0.39 is 0 Å². The average Bonchev–Trinajstić information content (AvgIpc) is 2.79. The summed E-state index contributed by atoms with van der Waals surface area (Å²) in [4.78, 5) is 31.3. The first-order chi connectivity index (χ1) is 15.4. The van der Waals surface area contributed by atoms with E-state index in [4.69, 9.17) is 5.73 Å². The van der Waals surface area contributed by atoms with Gasteiger partial charge < -0.3 is 21.3 Å². The van der Waals surface area contributed by atoms with Gasteiger partial charge in [-0.3, -0.25) is 9.59 Å². The summed E-state index contributed by atoms with van der Waals surface area (Å²) in [7, 11) is 1.98. The maximum Gasteiger partial charge on any atom is 0.276 e. The summed E-state index contributed by atoms with van der Waals surface area (Å²) in [5.41, 5.74) is 9.53. The third-order valence-corrected chi connectivity index (χ3v) is 5.37. The second-order valence-corrected chi connectivity index (χ2v) is 7.76. The molecule has 0 radical (unpaired) electrons. The van der Waals surface area contributed by atoms with E-state index in [1.165, 1.54) is 6.08 Å². The summed E-state index contributed by atoms with van der Waals surface area (Å²) in [6, 6.07) is 15.0. The second-order valence-electron chi connectivity index (χ2n) is 7.76. The number of allylic oxidation sites excluding steroid dienone is 1. The number of benzene rings is 2. The molecule has 0 bridgehead atoms. The Morgan fingerprint density at radius 2 is 2.00 bits per heavy atom. The lowest BCUT2D eigenvalue weighted by Crippen LogP contribution is -2.29. The molecule has 4 N–H and O–H groups in total. The van der Waals surface area contributed by atoms with Crippen molar-refractivity contribution in [1.82, 2.24) is 15.2 Å². The van der Waals surface area contributed by atoms with Gasteiger partial charge in [-0.05, 0) is 48.6 Å². The number of nitrogens with zero attached hydrogens (tertiary/aromatic N) is 2. The van der Waals surface area contributed by atoms with Gasteiger partial charge in [-0.2, -0.15) is 0 Å². The fourth-order valence-electron chi connectivity index (χ4n) is 3.75. The second kappa shape index (κ2) is 8.93. The number of rotatable bonds is 5. The number of carbonyl (C=O) groups is 2. The Hall–Kier alpha value is -4.13. The molecule has 0 fully saturated rings. The lowest BCUT2D eigenvalue weighted by molar-refractivity contribution is -0.111. The summed E-state index contributed by atoms with van der Waals surface area (Å²) in [6.45, 7) is 4.47. The van der Waals surface area contributed by atoms with Gasteiger partial charge in [0, 0.05) is 42.1 Å². The van der Waals surface area contributed by atoms with Crippen LogP contribution in [0, 0.1) is 0 Å². The van der Waals surface area contributed by atoms with E-state index in [2.05, 4.69) is 22.2 Å². The van der Waals surface area contributed by atoms with E-state index in [9.17, 15) is 9.59 Å². The predicted molar refractivity (Wildman–Crippen MR) is 128 cm³/mol. The van der Waals surface area contributed by atoms with Gasteiger partial charge in [0.15, 0.2) is 5.69 Å². The SMILES string of the molecule is C=CC(=O)Nc1cccc2ccc(-c3ccc(N)c(C(=O)NC4=CN(C)CCC4)n3)cc12. The van der Waals surface area contributed by atoms with Crippen LogP contribution in [0.3, 0.4) is 0 Å². The van der Waals surface area contributed by atoms with E-state index in [0.717, 1.165) is 41.4 Å². The fraction of sp³-hybridized carbons (Fsp3) is 0.160. The van der Waals surface area contributed by atoms with Gasteiger partial charge in [0.1, 0.15) is 0 Å². The largest absolute Gasteiger partial charge is 0.397 e. The van der Waals surface area contributed by atoms with Crippen LogP contribution < -0.4 is 16.4 Å². The molecule has 3 aromatic rings. The molecule has 2 heterocycles. The molecule has 1 aromatic heterocycles. The minimum atomic E-state index is -0.328. The van der Waals surface area contributed by atoms with Crippen molar-refractivity contribution in [3.63, 3.8) is 0 Å². The van der Waals surface area contributed by atoms with E-state index in [1.807, 2.05) is 54.5 Å². The van der Waals surface area contributed by atoms with Crippen molar-refractivity contribution >= 4 is 34.0 Å². The fourth-order valence-corrected chi connectivity index (χ4v) is 3.75. The molecule has 0 aliphatic carbocycles. The number of nitrogens with one attached hydrogen (secondary N) is 2. The summed E-state index contributed by atoms with van der Waals surface area (Å²) in [5.74, 6) is -0.610. The zero-order valence-electron chi connectivity index (χ0n) is 17.9. The standard InChI is InChI=1S/C25H25N5O2/c1-3-23(31)28-22-8-4-6-16-9-10-17(14-19(16)22)21-12-11-20(26)24(29-21)25(32)27-18-7-5-13-30(2)15-18/h3-4,6,8-12,14-15H,1,5,7,13,26H2,2H3,(H,27,32)(H,28,31). The smallest absolute Gasteiger partial charge is 0.276 e. The Bertz CT molecular complexity index is 1250. The molecule has 0 saturated heterocycles. The Morgan fingerprint density at radius 3 is 2.78 bits per heavy atom. The van der Waals surface area contributed by atoms with Gasteiger partial charge in [-0.1, -0.05) is 30.8 Å². The molecule has 0 unspecified atom stereocenters. The highest BCUT2D eigenvalue weighted by Crippen LogP contribution is 2.29. The van der Waals surface area contributed by atoms with Crippen LogP contribution in [0.25, 0.3) is 22.0 Å². The van der Waals surface area contributed by atoms with Crippen LogP contribution in [0.1, 0.15) is 23.3 Å². The first kappa shape index (κ1) is 21.1. The quantitative estimate of drug-likeness (QED) is 0.536. The van der Waals surface area contributed by atoms with Gasteiger partial charge in [0.2, 0.25) is 5.91 Å². The van der Waals surface area contributed by atoms with Crippen LogP contribution in [0.4, 0.5) is 11.4 Å². The molecule has 0 saturated carbocycles. The molecule has 2 aromatic carbocycles. The molecule has 162 valence electrons. The van der Waals surface area contributed by atoms with Crippen LogP contribution in [0.2, 0.25) is 0 Å². The number of carbonyl (C=O) groups excluding carboxylic acids is 2. The number of nitrogens with two attached hydrogens (primary N) is 1. The topological polar surface area (TPSA) is 100 Å². The highest BCUT2D eigenvalue weighted by atomic mass is 16.2. The normalized spacial score (nSPS) is 13.4. The van der Waals surface area contributed by atoms with Crippen LogP contribution in [-0.2, 0) is 4.79 Å². The van der Waals surface area contributed by atoms with Crippen molar-refractivity contribution in [2.75, 3.05) is 24.6 Å². The molecule has 7 nitrogen and oxygen atoms in total. The molecular formula is C25H25N5O2. The Balaban J connectivity index is 1.68. The molecule has 7 heteroatoms. The Labute approximate surface area is 186 Å². The lowest BCUT2D eigenvalue weighted by atomic mass is 10.0. The van der Waals surface area contributed by atoms with E-state index >= 15 is 0 Å². The first-order valence-electron chi connectivity index (χ1n) is 10.4. The molecule has 2 amide bonds. The Kier molecular flexibility index (Phi) is 5.89. The van der Waals surface area contributed by atoms with Gasteiger partial charge >= 0.3 is 0 Å². The number of hydrogen-bond donors (Lipinski definition) is 3. The number of anilines is 2. The number of hydrogen-bond acceptors (Lipinski definition) is 5. The van der Waals surface area contributed by atoms with Crippen LogP contribution >= 0.6 is 0 Å². The highest BCUT2D eigenvalue weighted by molar-refractivity contribution is 6.06. The number of pyridine rings is 1. The zero-order chi connectivity index (χ0) is 22.7. The molecular weight excluding hydrogens is 402 g/mol. The maximum atomic E-state index is 12.9. The molecule has 32 heavy (non-hydrogen) atoms. The summed E-state index contributed by atoms with van der Waals surface area (Å²) in [6.07, 6.45) is 4.95. The summed E-state index contributed by atoms with van der Waals surface area (Å²) < 4.78 is 0. The van der Waals surface area contributed by atoms with E-state index in [-0.39, 0.29) is 17.5 Å². The average molecular weight is 428 g/mol. The van der Waals surface area contributed by atoms with Crippen LogP contribution in [0.5, 0.6) is 0 Å². The number of amides is 2. The van der Waals surface area contributed by atoms with Crippen molar-refractivity contribution in [3.8, 4) is 11.3 Å². The number of fused-ring (bicyclic) bond motifs is 1. The summed E-state index contributed by atoms with van der Waals surface area (Å²) in [5, 5.41) is 7.59. The highest BCUT2D eigenvalue weighted by Gasteiger charge is 2.17. The van der Waals surface area contributed by atoms with E-state index in [0.29, 0.717) is 17.1 Å². The zero-order valence-corrected chi connectivity index (χ0v) is 17.9. The van der Waals surface area contributed by atoms with Gasteiger partial charge in [-0.25, -0.2) is 4.98 Å². The van der Waals surface area contributed by atoms with Crippen molar-refractivity contribution in [1.29, 1.82) is 0 Å². The molecule has 1 aliphatic rings. The number of nitrogen functional groups attached to an aromatic ring is 1. The van der Waals surface area contributed by atoms with Crippen LogP contribution in [-0.4, -0.2) is 35.3 Å². The minimum absolute atomic E-state index is 0.185. The van der Waals surface area contributed by atoms with Crippen LogP contribution in [0.15, 0.2) is 73.1 Å². The lowest BCUT2D eigenvalue weighted by Gasteiger charge is -2.22. The molecule has 4 rings (SSSR count). The molecule has 1 aliphatic heterocycles. The number of aromatic nitrogens is 1.